The Morgan fingerprint density at radius 2 is 1.96 bits per heavy atom. The molecule has 1 atom stereocenters. The Hall–Kier alpha value is -1.71. The van der Waals surface area contributed by atoms with Crippen LogP contribution in [0.15, 0.2) is 47.6 Å². The molecule has 1 heterocycles. The molecule has 4 nitrogen and oxygen atoms in total. The van der Waals surface area contributed by atoms with E-state index in [1.165, 1.54) is 6.07 Å². The number of guanidine groups is 1. The first-order valence-electron chi connectivity index (χ1n) is 7.56. The van der Waals surface area contributed by atoms with E-state index in [0.29, 0.717) is 18.1 Å². The van der Waals surface area contributed by atoms with E-state index in [1.54, 1.807) is 20.0 Å². The fraction of sp³-hybridized carbons (Fsp3) is 0.353. The van der Waals surface area contributed by atoms with Gasteiger partial charge < -0.3 is 15.2 Å². The zero-order valence-corrected chi connectivity index (χ0v) is 16.6. The standard InChI is InChI=1S/C17H21F3N4.HI/c1-12(13-6-4-7-14(10-13)17(18,19)20)23-16(21-2)22-11-15-8-5-9-24(15)3;/h4-10,12H,11H2,1-3H3,(H2,21,22,23);1H. The summed E-state index contributed by atoms with van der Waals surface area (Å²) in [7, 11) is 3.57. The number of alkyl halides is 3. The van der Waals surface area contributed by atoms with Crippen LogP contribution in [0.25, 0.3) is 0 Å². The summed E-state index contributed by atoms with van der Waals surface area (Å²) in [6.07, 6.45) is -2.40. The van der Waals surface area contributed by atoms with Gasteiger partial charge in [-0.25, -0.2) is 0 Å². The van der Waals surface area contributed by atoms with Crippen LogP contribution in [0.3, 0.4) is 0 Å². The van der Waals surface area contributed by atoms with Gasteiger partial charge in [0.25, 0.3) is 0 Å². The molecular formula is C17H22F3IN4. The molecule has 25 heavy (non-hydrogen) atoms. The van der Waals surface area contributed by atoms with E-state index in [4.69, 9.17) is 0 Å². The molecule has 0 bridgehead atoms. The Kier molecular flexibility index (Phi) is 7.78. The summed E-state index contributed by atoms with van der Waals surface area (Å²) in [6.45, 7) is 2.36. The Labute approximate surface area is 162 Å². The molecule has 138 valence electrons. The number of aryl methyl sites for hydroxylation is 1. The smallest absolute Gasteiger partial charge is 0.353 e. The van der Waals surface area contributed by atoms with Crippen LogP contribution in [0.5, 0.6) is 0 Å². The number of nitrogens with zero attached hydrogens (tertiary/aromatic N) is 2. The van der Waals surface area contributed by atoms with Gasteiger partial charge in [-0.3, -0.25) is 4.99 Å². The summed E-state index contributed by atoms with van der Waals surface area (Å²) in [4.78, 5) is 4.12. The largest absolute Gasteiger partial charge is 0.416 e. The minimum atomic E-state index is -4.35. The quantitative estimate of drug-likeness (QED) is 0.405. The van der Waals surface area contributed by atoms with Crippen LogP contribution in [-0.4, -0.2) is 17.6 Å². The van der Waals surface area contributed by atoms with Crippen molar-refractivity contribution in [2.45, 2.75) is 25.7 Å². The van der Waals surface area contributed by atoms with E-state index in [0.717, 1.165) is 17.8 Å². The summed E-state index contributed by atoms with van der Waals surface area (Å²) in [5, 5.41) is 6.26. The van der Waals surface area contributed by atoms with Crippen molar-refractivity contribution in [3.05, 3.63) is 59.4 Å². The van der Waals surface area contributed by atoms with E-state index in [-0.39, 0.29) is 30.0 Å². The molecule has 0 saturated heterocycles. The number of nitrogens with one attached hydrogen (secondary N) is 2. The molecule has 2 aromatic rings. The molecule has 0 spiro atoms. The van der Waals surface area contributed by atoms with Gasteiger partial charge in [-0.15, -0.1) is 24.0 Å². The van der Waals surface area contributed by atoms with Crippen molar-refractivity contribution in [1.29, 1.82) is 0 Å². The Morgan fingerprint density at radius 1 is 1.24 bits per heavy atom. The molecule has 8 heteroatoms. The average molecular weight is 466 g/mol. The number of hydrogen-bond donors (Lipinski definition) is 2. The molecule has 1 aromatic carbocycles. The van der Waals surface area contributed by atoms with Gasteiger partial charge in [0.15, 0.2) is 5.96 Å². The fourth-order valence-corrected chi connectivity index (χ4v) is 2.32. The monoisotopic (exact) mass is 466 g/mol. The van der Waals surface area contributed by atoms with E-state index >= 15 is 0 Å². The highest BCUT2D eigenvalue weighted by Crippen LogP contribution is 2.30. The highest BCUT2D eigenvalue weighted by Gasteiger charge is 2.30. The predicted molar refractivity (Wildman–Crippen MR) is 104 cm³/mol. The topological polar surface area (TPSA) is 41.4 Å². The third-order valence-corrected chi connectivity index (χ3v) is 3.78. The summed E-state index contributed by atoms with van der Waals surface area (Å²) in [6, 6.07) is 8.91. The number of aliphatic imine (C=N–C) groups is 1. The van der Waals surface area contributed by atoms with Crippen LogP contribution in [0.1, 0.15) is 29.8 Å². The Morgan fingerprint density at radius 3 is 2.52 bits per heavy atom. The van der Waals surface area contributed by atoms with Gasteiger partial charge in [0.2, 0.25) is 0 Å². The van der Waals surface area contributed by atoms with E-state index in [2.05, 4.69) is 15.6 Å². The molecule has 2 N–H and O–H groups in total. The first-order valence-corrected chi connectivity index (χ1v) is 7.56. The molecule has 0 radical (unpaired) electrons. The van der Waals surface area contributed by atoms with Gasteiger partial charge in [-0.05, 0) is 36.8 Å². The van der Waals surface area contributed by atoms with E-state index < -0.39 is 11.7 Å². The van der Waals surface area contributed by atoms with Gasteiger partial charge >= 0.3 is 6.18 Å². The maximum atomic E-state index is 12.8. The summed E-state index contributed by atoms with van der Waals surface area (Å²) < 4.78 is 40.4. The van der Waals surface area contributed by atoms with Gasteiger partial charge in [0.1, 0.15) is 0 Å². The van der Waals surface area contributed by atoms with Crippen LogP contribution >= 0.6 is 24.0 Å². The van der Waals surface area contributed by atoms with Crippen molar-refractivity contribution < 1.29 is 13.2 Å². The fourth-order valence-electron chi connectivity index (χ4n) is 2.32. The second-order valence-corrected chi connectivity index (χ2v) is 5.53. The Balaban J connectivity index is 0.00000312. The summed E-state index contributed by atoms with van der Waals surface area (Å²) >= 11 is 0. The molecule has 1 unspecified atom stereocenters. The third kappa shape index (κ3) is 5.94. The van der Waals surface area contributed by atoms with Gasteiger partial charge in [-0.2, -0.15) is 13.2 Å². The molecule has 0 aliphatic rings. The molecule has 0 aliphatic carbocycles. The van der Waals surface area contributed by atoms with Crippen molar-refractivity contribution in [2.24, 2.45) is 12.0 Å². The second kappa shape index (κ2) is 9.12. The van der Waals surface area contributed by atoms with Crippen molar-refractivity contribution in [3.8, 4) is 0 Å². The van der Waals surface area contributed by atoms with Gasteiger partial charge in [-0.1, -0.05) is 12.1 Å². The minimum absolute atomic E-state index is 0. The first-order chi connectivity index (χ1) is 11.3. The van der Waals surface area contributed by atoms with Gasteiger partial charge in [0.05, 0.1) is 18.2 Å². The van der Waals surface area contributed by atoms with Crippen LogP contribution in [-0.2, 0) is 19.8 Å². The minimum Gasteiger partial charge on any atom is -0.353 e. The lowest BCUT2D eigenvalue weighted by Crippen LogP contribution is -2.38. The molecule has 0 fully saturated rings. The van der Waals surface area contributed by atoms with E-state index in [1.807, 2.05) is 29.9 Å². The lowest BCUT2D eigenvalue weighted by molar-refractivity contribution is -0.137. The molecule has 2 rings (SSSR count). The van der Waals surface area contributed by atoms with E-state index in [9.17, 15) is 13.2 Å². The second-order valence-electron chi connectivity index (χ2n) is 5.53. The molecule has 0 amide bonds. The molecule has 0 saturated carbocycles. The predicted octanol–water partition coefficient (Wildman–Crippen LogP) is 4.09. The number of hydrogen-bond acceptors (Lipinski definition) is 1. The number of benzene rings is 1. The average Bonchev–Trinajstić information content (AvgIpc) is 2.95. The normalized spacial score (nSPS) is 13.1. The lowest BCUT2D eigenvalue weighted by Gasteiger charge is -2.19. The first kappa shape index (κ1) is 21.3. The third-order valence-electron chi connectivity index (χ3n) is 3.78. The Bertz CT molecular complexity index is 710. The number of halogens is 4. The van der Waals surface area contributed by atoms with Crippen molar-refractivity contribution >= 4 is 29.9 Å². The highest BCUT2D eigenvalue weighted by atomic mass is 127. The van der Waals surface area contributed by atoms with Gasteiger partial charge in [0, 0.05) is 26.0 Å². The van der Waals surface area contributed by atoms with Crippen LogP contribution in [0.4, 0.5) is 13.2 Å². The zero-order chi connectivity index (χ0) is 17.7. The van der Waals surface area contributed by atoms with Crippen LogP contribution < -0.4 is 10.6 Å². The summed E-state index contributed by atoms with van der Waals surface area (Å²) in [5.74, 6) is 0.529. The maximum Gasteiger partial charge on any atom is 0.416 e. The molecular weight excluding hydrogens is 444 g/mol. The number of aromatic nitrogens is 1. The molecule has 1 aromatic heterocycles. The highest BCUT2D eigenvalue weighted by molar-refractivity contribution is 14.0. The SMILES string of the molecule is CN=C(NCc1cccn1C)NC(C)c1cccc(C(F)(F)F)c1.I. The zero-order valence-electron chi connectivity index (χ0n) is 14.3. The van der Waals surface area contributed by atoms with Crippen molar-refractivity contribution in [2.75, 3.05) is 7.05 Å². The lowest BCUT2D eigenvalue weighted by atomic mass is 10.1. The summed E-state index contributed by atoms with van der Waals surface area (Å²) in [5.41, 5.74) is 0.969. The molecule has 0 aliphatic heterocycles. The van der Waals surface area contributed by atoms with Crippen LogP contribution in [0, 0.1) is 0 Å². The number of rotatable bonds is 4. The van der Waals surface area contributed by atoms with Crippen LogP contribution in [0.2, 0.25) is 0 Å². The van der Waals surface area contributed by atoms with Crippen molar-refractivity contribution in [1.82, 2.24) is 15.2 Å². The maximum absolute atomic E-state index is 12.8. The van der Waals surface area contributed by atoms with Crippen molar-refractivity contribution in [3.63, 3.8) is 0 Å².